The second-order valence-corrected chi connectivity index (χ2v) is 2.91. The summed E-state index contributed by atoms with van der Waals surface area (Å²) in [5.74, 6) is 0. The molecule has 0 N–H and O–H groups in total. The molecule has 1 heteroatoms. The second-order valence-electron chi connectivity index (χ2n) is 2.91. The van der Waals surface area contributed by atoms with Gasteiger partial charge in [-0.2, -0.15) is 17.7 Å². The van der Waals surface area contributed by atoms with E-state index in [9.17, 15) is 0 Å². The van der Waals surface area contributed by atoms with Crippen LogP contribution in [-0.4, -0.2) is 0 Å². The normalized spacial score (nSPS) is 19.1. The molecule has 0 aromatic heterocycles. The summed E-state index contributed by atoms with van der Waals surface area (Å²) < 4.78 is 0. The Labute approximate surface area is 90.2 Å². The van der Waals surface area contributed by atoms with Gasteiger partial charge in [0.2, 0.25) is 0 Å². The van der Waals surface area contributed by atoms with E-state index in [4.69, 9.17) is 0 Å². The minimum Gasteiger partial charge on any atom is -0.197 e. The summed E-state index contributed by atoms with van der Waals surface area (Å²) >= 11 is 0. The molecule has 2 aliphatic rings. The average Bonchev–Trinajstić information content (AvgIpc) is 2.48. The first-order chi connectivity index (χ1) is 5.97. The van der Waals surface area contributed by atoms with Gasteiger partial charge in [-0.05, 0) is 0 Å². The maximum atomic E-state index is 3.36. The molecule has 0 spiro atoms. The molecule has 0 aliphatic heterocycles. The van der Waals surface area contributed by atoms with Crippen LogP contribution in [0.3, 0.4) is 0 Å². The minimum atomic E-state index is 0. The van der Waals surface area contributed by atoms with Crippen LogP contribution in [0.15, 0.2) is 53.7 Å². The molecule has 0 heterocycles. The summed E-state index contributed by atoms with van der Waals surface area (Å²) in [6.07, 6.45) is 20.2. The molecule has 66 valence electrons. The SMILES string of the molecule is [C-]1=C(C2=CC=CC2)C=CC=CC1.[Cr]. The summed E-state index contributed by atoms with van der Waals surface area (Å²) in [4.78, 5) is 0. The fourth-order valence-electron chi connectivity index (χ4n) is 1.39. The topological polar surface area (TPSA) is 0 Å². The van der Waals surface area contributed by atoms with Gasteiger partial charge in [-0.3, -0.25) is 0 Å². The number of rotatable bonds is 1. The van der Waals surface area contributed by atoms with Gasteiger partial charge in [0.1, 0.15) is 0 Å². The number of hydrogen-bond acceptors (Lipinski definition) is 0. The summed E-state index contributed by atoms with van der Waals surface area (Å²) in [6, 6.07) is 0. The molecule has 0 aromatic rings. The Morgan fingerprint density at radius 3 is 2.77 bits per heavy atom. The zero-order valence-electron chi connectivity index (χ0n) is 7.36. The predicted octanol–water partition coefficient (Wildman–Crippen LogP) is 3.12. The van der Waals surface area contributed by atoms with Crippen molar-refractivity contribution in [1.82, 2.24) is 0 Å². The van der Waals surface area contributed by atoms with Crippen LogP contribution >= 0.6 is 0 Å². The van der Waals surface area contributed by atoms with Crippen LogP contribution in [0.2, 0.25) is 0 Å². The van der Waals surface area contributed by atoms with E-state index in [1.807, 2.05) is 0 Å². The predicted molar refractivity (Wildman–Crippen MR) is 51.5 cm³/mol. The van der Waals surface area contributed by atoms with Crippen LogP contribution in [0, 0.1) is 6.08 Å². The maximum absolute atomic E-state index is 3.36. The van der Waals surface area contributed by atoms with Gasteiger partial charge in [-0.25, -0.2) is 0 Å². The van der Waals surface area contributed by atoms with E-state index in [0.29, 0.717) is 0 Å². The molecular formula is C12H11Cr-. The molecular weight excluding hydrogens is 196 g/mol. The van der Waals surface area contributed by atoms with Crippen molar-refractivity contribution >= 4 is 0 Å². The maximum Gasteiger partial charge on any atom is 0 e. The largest absolute Gasteiger partial charge is 0.197 e. The molecule has 0 aromatic carbocycles. The number of hydrogen-bond donors (Lipinski definition) is 0. The summed E-state index contributed by atoms with van der Waals surface area (Å²) in [5, 5.41) is 0. The van der Waals surface area contributed by atoms with Gasteiger partial charge in [0.05, 0.1) is 0 Å². The fraction of sp³-hybridized carbons (Fsp3) is 0.167. The van der Waals surface area contributed by atoms with Crippen molar-refractivity contribution in [2.75, 3.05) is 0 Å². The Balaban J connectivity index is 0.000000845. The molecule has 0 nitrogen and oxygen atoms in total. The molecule has 2 rings (SSSR count). The average molecular weight is 207 g/mol. The van der Waals surface area contributed by atoms with Gasteiger partial charge < -0.3 is 0 Å². The van der Waals surface area contributed by atoms with E-state index >= 15 is 0 Å². The van der Waals surface area contributed by atoms with Gasteiger partial charge in [0.15, 0.2) is 0 Å². The van der Waals surface area contributed by atoms with Gasteiger partial charge >= 0.3 is 0 Å². The Morgan fingerprint density at radius 2 is 2.00 bits per heavy atom. The molecule has 0 radical (unpaired) electrons. The molecule has 0 bridgehead atoms. The van der Waals surface area contributed by atoms with Gasteiger partial charge in [-0.15, -0.1) is 17.7 Å². The molecule has 0 saturated heterocycles. The van der Waals surface area contributed by atoms with Crippen molar-refractivity contribution in [2.24, 2.45) is 0 Å². The fourth-order valence-corrected chi connectivity index (χ4v) is 1.39. The monoisotopic (exact) mass is 207 g/mol. The van der Waals surface area contributed by atoms with E-state index < -0.39 is 0 Å². The van der Waals surface area contributed by atoms with Gasteiger partial charge in [0, 0.05) is 17.4 Å². The third-order valence-electron chi connectivity index (χ3n) is 2.04. The summed E-state index contributed by atoms with van der Waals surface area (Å²) in [7, 11) is 0. The van der Waals surface area contributed by atoms with Crippen LogP contribution in [0.25, 0.3) is 0 Å². The number of allylic oxidation sites excluding steroid dienone is 10. The van der Waals surface area contributed by atoms with Crippen molar-refractivity contribution in [3.63, 3.8) is 0 Å². The third kappa shape index (κ3) is 2.59. The first-order valence-electron chi connectivity index (χ1n) is 4.27. The van der Waals surface area contributed by atoms with Crippen LogP contribution < -0.4 is 0 Å². The zero-order valence-corrected chi connectivity index (χ0v) is 8.64. The smallest absolute Gasteiger partial charge is 0 e. The van der Waals surface area contributed by atoms with Crippen molar-refractivity contribution in [2.45, 2.75) is 12.8 Å². The van der Waals surface area contributed by atoms with Crippen LogP contribution in [0.4, 0.5) is 0 Å². The third-order valence-corrected chi connectivity index (χ3v) is 2.04. The van der Waals surface area contributed by atoms with Crippen LogP contribution in [0.1, 0.15) is 12.8 Å². The van der Waals surface area contributed by atoms with Crippen molar-refractivity contribution < 1.29 is 17.4 Å². The molecule has 0 atom stereocenters. The minimum absolute atomic E-state index is 0. The van der Waals surface area contributed by atoms with Gasteiger partial charge in [-0.1, -0.05) is 37.1 Å². The van der Waals surface area contributed by atoms with E-state index in [1.54, 1.807) is 0 Å². The van der Waals surface area contributed by atoms with Crippen molar-refractivity contribution in [1.29, 1.82) is 0 Å². The van der Waals surface area contributed by atoms with Crippen molar-refractivity contribution in [3.8, 4) is 0 Å². The standard InChI is InChI=1S/C12H11.Cr/c1-2-4-8-11(7-3-1)12-9-5-6-10-12;/h1-3,5-7,9H,4,10H2;/q-1;. The summed E-state index contributed by atoms with van der Waals surface area (Å²) in [6.45, 7) is 0. The van der Waals surface area contributed by atoms with E-state index in [-0.39, 0.29) is 17.4 Å². The van der Waals surface area contributed by atoms with Crippen molar-refractivity contribution in [3.05, 3.63) is 59.8 Å². The van der Waals surface area contributed by atoms with Crippen LogP contribution in [0.5, 0.6) is 0 Å². The molecule has 0 saturated carbocycles. The molecule has 2 aliphatic carbocycles. The quantitative estimate of drug-likeness (QED) is 0.579. The molecule has 0 unspecified atom stereocenters. The Bertz CT molecular complexity index is 314. The zero-order chi connectivity index (χ0) is 8.23. The first-order valence-corrected chi connectivity index (χ1v) is 4.27. The van der Waals surface area contributed by atoms with Crippen LogP contribution in [-0.2, 0) is 17.4 Å². The first kappa shape index (κ1) is 10.3. The summed E-state index contributed by atoms with van der Waals surface area (Å²) in [5.41, 5.74) is 2.64. The van der Waals surface area contributed by atoms with E-state index in [2.05, 4.69) is 48.6 Å². The molecule has 0 amide bonds. The van der Waals surface area contributed by atoms with E-state index in [1.165, 1.54) is 11.1 Å². The Kier molecular flexibility index (Phi) is 4.02. The molecule has 13 heavy (non-hydrogen) atoms. The Hall–Kier alpha value is -0.768. The molecule has 0 fully saturated rings. The second kappa shape index (κ2) is 5.07. The van der Waals surface area contributed by atoms with Gasteiger partial charge in [0.25, 0.3) is 0 Å². The Morgan fingerprint density at radius 1 is 1.08 bits per heavy atom. The van der Waals surface area contributed by atoms with E-state index in [0.717, 1.165) is 12.8 Å².